The van der Waals surface area contributed by atoms with Crippen molar-refractivity contribution in [1.82, 2.24) is 14.7 Å². The second-order valence-electron chi connectivity index (χ2n) is 6.44. The van der Waals surface area contributed by atoms with Crippen LogP contribution in [-0.4, -0.2) is 33.8 Å². The van der Waals surface area contributed by atoms with Crippen LogP contribution in [0.5, 0.6) is 0 Å². The van der Waals surface area contributed by atoms with Crippen LogP contribution in [0.25, 0.3) is 0 Å². The molecule has 1 aromatic heterocycles. The Kier molecular flexibility index (Phi) is 2.77. The van der Waals surface area contributed by atoms with Crippen molar-refractivity contribution >= 4 is 0 Å². The van der Waals surface area contributed by atoms with Gasteiger partial charge in [-0.2, -0.15) is 5.10 Å². The number of aromatic nitrogens is 2. The van der Waals surface area contributed by atoms with Gasteiger partial charge >= 0.3 is 0 Å². The molecule has 0 amide bonds. The zero-order chi connectivity index (χ0) is 12.9. The minimum Gasteiger partial charge on any atom is -0.301 e. The first kappa shape index (κ1) is 12.2. The zero-order valence-corrected chi connectivity index (χ0v) is 12.2. The van der Waals surface area contributed by atoms with Crippen LogP contribution in [0.2, 0.25) is 0 Å². The van der Waals surface area contributed by atoms with Gasteiger partial charge in [0.2, 0.25) is 0 Å². The van der Waals surface area contributed by atoms with Gasteiger partial charge in [0.05, 0.1) is 5.69 Å². The van der Waals surface area contributed by atoms with Crippen molar-refractivity contribution in [2.75, 3.05) is 13.1 Å². The van der Waals surface area contributed by atoms with Crippen LogP contribution in [-0.2, 0) is 18.9 Å². The van der Waals surface area contributed by atoms with E-state index in [0.717, 1.165) is 0 Å². The van der Waals surface area contributed by atoms with Gasteiger partial charge in [0.25, 0.3) is 0 Å². The highest BCUT2D eigenvalue weighted by molar-refractivity contribution is 5.39. The molecule has 0 saturated carbocycles. The Balaban J connectivity index is 1.88. The van der Waals surface area contributed by atoms with Crippen LogP contribution in [0.15, 0.2) is 0 Å². The molecule has 2 aliphatic rings. The Morgan fingerprint density at radius 1 is 1.17 bits per heavy atom. The molecule has 1 aromatic rings. The van der Waals surface area contributed by atoms with Crippen molar-refractivity contribution in [3.63, 3.8) is 0 Å². The Morgan fingerprint density at radius 2 is 1.83 bits per heavy atom. The Labute approximate surface area is 110 Å². The second kappa shape index (κ2) is 4.09. The monoisotopic (exact) mass is 247 g/mol. The lowest BCUT2D eigenvalue weighted by Gasteiger charge is -2.41. The molecule has 100 valence electrons. The summed E-state index contributed by atoms with van der Waals surface area (Å²) in [4.78, 5) is 2.62. The maximum absolute atomic E-state index is 4.70. The molecule has 2 heterocycles. The Hall–Kier alpha value is -0.830. The topological polar surface area (TPSA) is 21.1 Å². The van der Waals surface area contributed by atoms with Crippen LogP contribution in [0.4, 0.5) is 0 Å². The molecule has 1 aliphatic carbocycles. The molecule has 3 rings (SSSR count). The van der Waals surface area contributed by atoms with Crippen molar-refractivity contribution in [1.29, 1.82) is 0 Å². The van der Waals surface area contributed by atoms with Crippen molar-refractivity contribution in [2.45, 2.75) is 57.9 Å². The summed E-state index contributed by atoms with van der Waals surface area (Å²) in [5.41, 5.74) is 4.85. The molecular formula is C15H25N3. The molecule has 1 fully saturated rings. The summed E-state index contributed by atoms with van der Waals surface area (Å²) in [6, 6.07) is 0.693. The first-order valence-corrected chi connectivity index (χ1v) is 7.30. The smallest absolute Gasteiger partial charge is 0.0665 e. The SMILES string of the molecule is Cc1c2c(nn1C)CCC21CCN(C(C)C)CC1. The summed E-state index contributed by atoms with van der Waals surface area (Å²) < 4.78 is 2.08. The quantitative estimate of drug-likeness (QED) is 0.760. The van der Waals surface area contributed by atoms with Gasteiger partial charge in [-0.1, -0.05) is 0 Å². The molecule has 1 aliphatic heterocycles. The third-order valence-corrected chi connectivity index (χ3v) is 5.26. The average molecular weight is 247 g/mol. The van der Waals surface area contributed by atoms with E-state index in [4.69, 9.17) is 5.10 Å². The van der Waals surface area contributed by atoms with Gasteiger partial charge in [-0.15, -0.1) is 0 Å². The van der Waals surface area contributed by atoms with Crippen molar-refractivity contribution in [2.24, 2.45) is 7.05 Å². The number of likely N-dealkylation sites (tertiary alicyclic amines) is 1. The highest BCUT2D eigenvalue weighted by Crippen LogP contribution is 2.47. The molecule has 1 saturated heterocycles. The number of aryl methyl sites for hydroxylation is 2. The van der Waals surface area contributed by atoms with E-state index < -0.39 is 0 Å². The van der Waals surface area contributed by atoms with E-state index in [1.54, 1.807) is 5.56 Å². The molecule has 3 nitrogen and oxygen atoms in total. The lowest BCUT2D eigenvalue weighted by Crippen LogP contribution is -2.44. The molecule has 0 N–H and O–H groups in total. The molecule has 3 heteroatoms. The largest absolute Gasteiger partial charge is 0.301 e. The lowest BCUT2D eigenvalue weighted by molar-refractivity contribution is 0.128. The van der Waals surface area contributed by atoms with Gasteiger partial charge in [0, 0.05) is 29.8 Å². The number of hydrogen-bond acceptors (Lipinski definition) is 2. The standard InChI is InChI=1S/C15H25N3/c1-11(2)18-9-7-15(8-10-18)6-5-13-14(15)12(3)17(4)16-13/h11H,5-10H2,1-4H3. The van der Waals surface area contributed by atoms with Crippen LogP contribution in [0.1, 0.15) is 50.1 Å². The molecule has 0 bridgehead atoms. The van der Waals surface area contributed by atoms with Crippen molar-refractivity contribution < 1.29 is 0 Å². The molecule has 0 unspecified atom stereocenters. The average Bonchev–Trinajstić information content (AvgIpc) is 2.81. The van der Waals surface area contributed by atoms with Gasteiger partial charge in [0.1, 0.15) is 0 Å². The molecule has 0 aromatic carbocycles. The van der Waals surface area contributed by atoms with Crippen molar-refractivity contribution in [3.05, 3.63) is 17.0 Å². The summed E-state index contributed by atoms with van der Waals surface area (Å²) in [6.45, 7) is 9.38. The number of hydrogen-bond donors (Lipinski definition) is 0. The van der Waals surface area contributed by atoms with E-state index in [0.29, 0.717) is 11.5 Å². The first-order chi connectivity index (χ1) is 8.53. The van der Waals surface area contributed by atoms with Crippen LogP contribution in [0, 0.1) is 6.92 Å². The molecular weight excluding hydrogens is 222 g/mol. The summed E-state index contributed by atoms with van der Waals surface area (Å²) in [5.74, 6) is 0. The summed E-state index contributed by atoms with van der Waals surface area (Å²) in [6.07, 6.45) is 5.17. The Bertz CT molecular complexity index is 451. The summed E-state index contributed by atoms with van der Waals surface area (Å²) >= 11 is 0. The Morgan fingerprint density at radius 3 is 2.44 bits per heavy atom. The lowest BCUT2D eigenvalue weighted by atomic mass is 9.73. The van der Waals surface area contributed by atoms with Crippen LogP contribution >= 0.6 is 0 Å². The zero-order valence-electron chi connectivity index (χ0n) is 12.2. The van der Waals surface area contributed by atoms with Gasteiger partial charge in [-0.05, 0) is 59.5 Å². The fourth-order valence-corrected chi connectivity index (χ4v) is 3.99. The third-order valence-electron chi connectivity index (χ3n) is 5.26. The van der Waals surface area contributed by atoms with E-state index >= 15 is 0 Å². The maximum atomic E-state index is 4.70. The highest BCUT2D eigenvalue weighted by Gasteiger charge is 2.44. The van der Waals surface area contributed by atoms with Crippen molar-refractivity contribution in [3.8, 4) is 0 Å². The molecule has 0 atom stereocenters. The van der Waals surface area contributed by atoms with Gasteiger partial charge in [-0.3, -0.25) is 4.68 Å². The van der Waals surface area contributed by atoms with E-state index in [1.165, 1.54) is 50.2 Å². The highest BCUT2D eigenvalue weighted by atomic mass is 15.3. The second-order valence-corrected chi connectivity index (χ2v) is 6.44. The van der Waals surface area contributed by atoms with Gasteiger partial charge < -0.3 is 4.90 Å². The number of piperidine rings is 1. The fraction of sp³-hybridized carbons (Fsp3) is 0.800. The van der Waals surface area contributed by atoms with E-state index in [9.17, 15) is 0 Å². The van der Waals surface area contributed by atoms with Crippen LogP contribution < -0.4 is 0 Å². The van der Waals surface area contributed by atoms with Gasteiger partial charge in [0.15, 0.2) is 0 Å². The van der Waals surface area contributed by atoms with Gasteiger partial charge in [-0.25, -0.2) is 0 Å². The fourth-order valence-electron chi connectivity index (χ4n) is 3.99. The van der Waals surface area contributed by atoms with E-state index in [1.807, 2.05) is 0 Å². The predicted molar refractivity (Wildman–Crippen MR) is 73.9 cm³/mol. The number of nitrogens with zero attached hydrogens (tertiary/aromatic N) is 3. The summed E-state index contributed by atoms with van der Waals surface area (Å²) in [7, 11) is 2.09. The molecule has 0 radical (unpaired) electrons. The minimum absolute atomic E-state index is 0.457. The molecule has 1 spiro atoms. The first-order valence-electron chi connectivity index (χ1n) is 7.30. The third kappa shape index (κ3) is 1.63. The normalized spacial score (nSPS) is 22.9. The van der Waals surface area contributed by atoms with E-state index in [2.05, 4.69) is 37.4 Å². The minimum atomic E-state index is 0.457. The molecule has 18 heavy (non-hydrogen) atoms. The van der Waals surface area contributed by atoms with Crippen LogP contribution in [0.3, 0.4) is 0 Å². The number of rotatable bonds is 1. The number of fused-ring (bicyclic) bond motifs is 2. The maximum Gasteiger partial charge on any atom is 0.0665 e. The summed E-state index contributed by atoms with van der Waals surface area (Å²) in [5, 5.41) is 4.70. The van der Waals surface area contributed by atoms with E-state index in [-0.39, 0.29) is 0 Å². The predicted octanol–water partition coefficient (Wildman–Crippen LogP) is 2.42.